The third-order valence-electron chi connectivity index (χ3n) is 6.65. The van der Waals surface area contributed by atoms with E-state index in [1.165, 1.54) is 5.56 Å². The molecule has 1 amide bonds. The third kappa shape index (κ3) is 4.65. The summed E-state index contributed by atoms with van der Waals surface area (Å²) in [7, 11) is -3.38. The molecule has 2 bridgehead atoms. The van der Waals surface area contributed by atoms with Gasteiger partial charge in [-0.25, -0.2) is 13.1 Å². The number of sulfonamides is 1. The summed E-state index contributed by atoms with van der Waals surface area (Å²) < 4.78 is 39.0. The van der Waals surface area contributed by atoms with Crippen molar-refractivity contribution in [1.29, 1.82) is 0 Å². The fourth-order valence-electron chi connectivity index (χ4n) is 5.09. The van der Waals surface area contributed by atoms with Gasteiger partial charge in [0.2, 0.25) is 10.0 Å². The summed E-state index contributed by atoms with van der Waals surface area (Å²) in [6.07, 6.45) is 5.80. The normalized spacial score (nSPS) is 32.4. The van der Waals surface area contributed by atoms with Gasteiger partial charge in [-0.1, -0.05) is 25.1 Å². The molecule has 0 aromatic heterocycles. The fraction of sp³-hybridized carbons (Fsp3) is 0.682. The molecule has 3 atom stereocenters. The van der Waals surface area contributed by atoms with E-state index in [1.807, 2.05) is 25.1 Å². The number of para-hydroxylation sites is 1. The van der Waals surface area contributed by atoms with E-state index < -0.39 is 16.1 Å². The summed E-state index contributed by atoms with van der Waals surface area (Å²) in [6.45, 7) is 2.79. The largest absolute Gasteiger partial charge is 0.480 e. The van der Waals surface area contributed by atoms with Gasteiger partial charge < -0.3 is 14.4 Å². The summed E-state index contributed by atoms with van der Waals surface area (Å²) in [6, 6.07) is 7.40. The number of hydrogen-bond acceptors (Lipinski definition) is 5. The van der Waals surface area contributed by atoms with Gasteiger partial charge in [0.05, 0.1) is 25.0 Å². The maximum atomic E-state index is 13.4. The number of nitrogens with zero attached hydrogens (tertiary/aromatic N) is 1. The zero-order valence-corrected chi connectivity index (χ0v) is 18.6. The summed E-state index contributed by atoms with van der Waals surface area (Å²) in [5, 5.41) is 0. The fourth-order valence-corrected chi connectivity index (χ4v) is 5.92. The van der Waals surface area contributed by atoms with Crippen LogP contribution in [0.25, 0.3) is 0 Å². The van der Waals surface area contributed by atoms with Crippen LogP contribution in [0.3, 0.4) is 0 Å². The molecular formula is C22H32N2O5S. The van der Waals surface area contributed by atoms with Gasteiger partial charge in [-0.15, -0.1) is 0 Å². The number of hydrogen-bond donors (Lipinski definition) is 1. The predicted octanol–water partition coefficient (Wildman–Crippen LogP) is 2.42. The highest BCUT2D eigenvalue weighted by molar-refractivity contribution is 7.88. The molecule has 166 valence electrons. The Kier molecular flexibility index (Phi) is 6.36. The van der Waals surface area contributed by atoms with Crippen molar-refractivity contribution in [3.05, 3.63) is 29.8 Å². The van der Waals surface area contributed by atoms with Crippen molar-refractivity contribution in [3.63, 3.8) is 0 Å². The molecule has 2 fully saturated rings. The van der Waals surface area contributed by atoms with Gasteiger partial charge in [0.25, 0.3) is 5.91 Å². The lowest BCUT2D eigenvalue weighted by Crippen LogP contribution is -2.52. The molecule has 1 aromatic carbocycles. The van der Waals surface area contributed by atoms with Crippen molar-refractivity contribution in [1.82, 2.24) is 9.62 Å². The number of nitrogens with one attached hydrogen (secondary N) is 1. The van der Waals surface area contributed by atoms with Crippen LogP contribution in [-0.4, -0.2) is 62.9 Å². The molecule has 3 heterocycles. The van der Waals surface area contributed by atoms with Gasteiger partial charge >= 0.3 is 0 Å². The van der Waals surface area contributed by atoms with E-state index in [0.717, 1.165) is 37.7 Å². The summed E-state index contributed by atoms with van der Waals surface area (Å²) in [5.74, 6) is 1.11. The smallest absolute Gasteiger partial charge is 0.264 e. The first-order chi connectivity index (χ1) is 14.4. The third-order valence-corrected chi connectivity index (χ3v) is 7.38. The number of ether oxygens (including phenoxy) is 2. The molecule has 1 aliphatic carbocycles. The van der Waals surface area contributed by atoms with Crippen LogP contribution < -0.4 is 9.46 Å². The number of carbonyl (C=O) groups excluding carboxylic acids is 1. The standard InChI is InChI=1S/C22H32N2O5S/c1-3-20-22(25)24-13-12-18(23-30(2,26)27)19(24)14-28-16-10-8-15(9-11-16)17-6-4-5-7-21(17)29-20/h4-7,15-16,18-20,23H,3,8-14H2,1-2H3/t15?,16?,18?,19?,20-/m1/s1. The van der Waals surface area contributed by atoms with Crippen molar-refractivity contribution in [3.8, 4) is 5.75 Å². The first kappa shape index (κ1) is 21.6. The van der Waals surface area contributed by atoms with Crippen LogP contribution in [0.1, 0.15) is 56.9 Å². The van der Waals surface area contributed by atoms with Crippen LogP contribution in [0.15, 0.2) is 24.3 Å². The Labute approximate surface area is 179 Å². The Morgan fingerprint density at radius 1 is 1.13 bits per heavy atom. The van der Waals surface area contributed by atoms with E-state index in [-0.39, 0.29) is 24.1 Å². The van der Waals surface area contributed by atoms with Crippen LogP contribution in [0.5, 0.6) is 5.75 Å². The highest BCUT2D eigenvalue weighted by Gasteiger charge is 2.42. The molecule has 0 spiro atoms. The predicted molar refractivity (Wildman–Crippen MR) is 114 cm³/mol. The van der Waals surface area contributed by atoms with Gasteiger partial charge in [-0.2, -0.15) is 0 Å². The molecule has 1 saturated heterocycles. The summed E-state index contributed by atoms with van der Waals surface area (Å²) >= 11 is 0. The Morgan fingerprint density at radius 2 is 1.87 bits per heavy atom. The lowest BCUT2D eigenvalue weighted by Gasteiger charge is -2.32. The highest BCUT2D eigenvalue weighted by Crippen LogP contribution is 2.39. The van der Waals surface area contributed by atoms with Gasteiger partial charge in [0.15, 0.2) is 6.10 Å². The minimum atomic E-state index is -3.38. The molecule has 8 heteroatoms. The molecule has 2 unspecified atom stereocenters. The molecule has 1 aromatic rings. The second-order valence-electron chi connectivity index (χ2n) is 8.74. The SMILES string of the molecule is CC[C@H]1Oc2ccccc2C2CCC(CC2)OCC2C(NS(C)(=O)=O)CCN2C1=O. The topological polar surface area (TPSA) is 84.9 Å². The number of benzene rings is 1. The monoisotopic (exact) mass is 436 g/mol. The van der Waals surface area contributed by atoms with Crippen LogP contribution in [0.2, 0.25) is 0 Å². The second kappa shape index (κ2) is 8.85. The van der Waals surface area contributed by atoms with Crippen molar-refractivity contribution in [2.45, 2.75) is 75.7 Å². The van der Waals surface area contributed by atoms with Crippen molar-refractivity contribution in [2.75, 3.05) is 19.4 Å². The number of carbonyl (C=O) groups is 1. The minimum Gasteiger partial charge on any atom is -0.480 e. The molecule has 1 saturated carbocycles. The molecule has 3 aliphatic heterocycles. The lowest BCUT2D eigenvalue weighted by atomic mass is 9.82. The van der Waals surface area contributed by atoms with Crippen LogP contribution in [0.4, 0.5) is 0 Å². The molecule has 0 radical (unpaired) electrons. The molecular weight excluding hydrogens is 404 g/mol. The Bertz CT molecular complexity index is 866. The van der Waals surface area contributed by atoms with E-state index in [0.29, 0.717) is 31.9 Å². The summed E-state index contributed by atoms with van der Waals surface area (Å²) in [5.41, 5.74) is 1.18. The van der Waals surface area contributed by atoms with Gasteiger partial charge in [-0.05, 0) is 56.1 Å². The maximum Gasteiger partial charge on any atom is 0.264 e. The quantitative estimate of drug-likeness (QED) is 0.787. The second-order valence-corrected chi connectivity index (χ2v) is 10.5. The first-order valence-corrected chi connectivity index (χ1v) is 12.9. The molecule has 4 aliphatic rings. The van der Waals surface area contributed by atoms with Gasteiger partial charge in [0, 0.05) is 12.6 Å². The van der Waals surface area contributed by atoms with E-state index >= 15 is 0 Å². The zero-order valence-electron chi connectivity index (χ0n) is 17.7. The van der Waals surface area contributed by atoms with E-state index in [4.69, 9.17) is 9.47 Å². The van der Waals surface area contributed by atoms with Gasteiger partial charge in [-0.3, -0.25) is 4.79 Å². The van der Waals surface area contributed by atoms with Crippen molar-refractivity contribution >= 4 is 15.9 Å². The van der Waals surface area contributed by atoms with Crippen LogP contribution in [0, 0.1) is 0 Å². The lowest BCUT2D eigenvalue weighted by molar-refractivity contribution is -0.141. The Balaban J connectivity index is 1.66. The highest BCUT2D eigenvalue weighted by atomic mass is 32.2. The Morgan fingerprint density at radius 3 is 2.57 bits per heavy atom. The van der Waals surface area contributed by atoms with E-state index in [9.17, 15) is 13.2 Å². The average molecular weight is 437 g/mol. The summed E-state index contributed by atoms with van der Waals surface area (Å²) in [4.78, 5) is 15.2. The zero-order chi connectivity index (χ0) is 21.3. The maximum absolute atomic E-state index is 13.4. The molecule has 30 heavy (non-hydrogen) atoms. The van der Waals surface area contributed by atoms with Crippen LogP contribution in [-0.2, 0) is 19.6 Å². The van der Waals surface area contributed by atoms with E-state index in [1.54, 1.807) is 4.90 Å². The van der Waals surface area contributed by atoms with E-state index in [2.05, 4.69) is 10.8 Å². The number of amides is 1. The Hall–Kier alpha value is -1.64. The average Bonchev–Trinajstić information content (AvgIpc) is 3.11. The van der Waals surface area contributed by atoms with Crippen molar-refractivity contribution in [2.24, 2.45) is 0 Å². The number of fused-ring (bicyclic) bond motifs is 5. The molecule has 5 rings (SSSR count). The minimum absolute atomic E-state index is 0.0923. The van der Waals surface area contributed by atoms with Gasteiger partial charge in [0.1, 0.15) is 5.75 Å². The first-order valence-electron chi connectivity index (χ1n) is 11.0. The molecule has 7 nitrogen and oxygen atoms in total. The van der Waals surface area contributed by atoms with Crippen LogP contribution >= 0.6 is 0 Å². The number of rotatable bonds is 3. The van der Waals surface area contributed by atoms with Crippen molar-refractivity contribution < 1.29 is 22.7 Å². The molecule has 1 N–H and O–H groups in total.